The van der Waals surface area contributed by atoms with Crippen molar-refractivity contribution in [3.63, 3.8) is 0 Å². The lowest BCUT2D eigenvalue weighted by Gasteiger charge is -2.07. The van der Waals surface area contributed by atoms with E-state index in [1.165, 1.54) is 24.4 Å². The molecule has 5 heteroatoms. The molecule has 0 heterocycles. The molecule has 3 N–H and O–H groups in total. The molecule has 1 atom stereocenters. The van der Waals surface area contributed by atoms with Gasteiger partial charge in [0.05, 0.1) is 0 Å². The lowest BCUT2D eigenvalue weighted by Crippen LogP contribution is -2.20. The number of benzene rings is 2. The molecule has 0 saturated heterocycles. The van der Waals surface area contributed by atoms with Crippen molar-refractivity contribution in [2.24, 2.45) is 4.99 Å². The van der Waals surface area contributed by atoms with Crippen LogP contribution in [0.5, 0.6) is 11.5 Å². The standard InChI is InChI=1S/C16H15NO4/c18-13-7-6-12(15(19)9-13)10-17-14(16(20)21)8-11-4-2-1-3-5-11/h1-7,9-10,14,18-19H,8H2,(H,20,21). The maximum atomic E-state index is 11.2. The van der Waals surface area contributed by atoms with Gasteiger partial charge in [0.1, 0.15) is 11.5 Å². The first-order valence-electron chi connectivity index (χ1n) is 6.38. The molecule has 0 bridgehead atoms. The van der Waals surface area contributed by atoms with E-state index in [9.17, 15) is 20.1 Å². The molecule has 0 spiro atoms. The summed E-state index contributed by atoms with van der Waals surface area (Å²) in [5.74, 6) is -1.25. The summed E-state index contributed by atoms with van der Waals surface area (Å²) in [6, 6.07) is 12.3. The average Bonchev–Trinajstić information content (AvgIpc) is 2.46. The van der Waals surface area contributed by atoms with E-state index in [1.54, 1.807) is 0 Å². The third-order valence-electron chi connectivity index (χ3n) is 2.96. The summed E-state index contributed by atoms with van der Waals surface area (Å²) in [4.78, 5) is 15.3. The Morgan fingerprint density at radius 3 is 2.48 bits per heavy atom. The number of hydrogen-bond donors (Lipinski definition) is 3. The molecule has 1 unspecified atom stereocenters. The molecule has 0 aliphatic rings. The molecule has 0 aromatic heterocycles. The topological polar surface area (TPSA) is 90.1 Å². The van der Waals surface area contributed by atoms with Crippen molar-refractivity contribution in [1.82, 2.24) is 0 Å². The average molecular weight is 285 g/mol. The number of phenols is 2. The Balaban J connectivity index is 2.16. The van der Waals surface area contributed by atoms with E-state index in [0.29, 0.717) is 5.56 Å². The first-order chi connectivity index (χ1) is 10.1. The zero-order chi connectivity index (χ0) is 15.2. The van der Waals surface area contributed by atoms with Crippen LogP contribution in [0, 0.1) is 0 Å². The first-order valence-corrected chi connectivity index (χ1v) is 6.38. The number of carboxylic acids is 1. The Kier molecular flexibility index (Phi) is 4.56. The predicted molar refractivity (Wildman–Crippen MR) is 78.9 cm³/mol. The Morgan fingerprint density at radius 1 is 1.14 bits per heavy atom. The number of nitrogens with zero attached hydrogens (tertiary/aromatic N) is 1. The fraction of sp³-hybridized carbons (Fsp3) is 0.125. The highest BCUT2D eigenvalue weighted by Crippen LogP contribution is 2.21. The normalized spacial score (nSPS) is 12.4. The van der Waals surface area contributed by atoms with Gasteiger partial charge in [0.15, 0.2) is 6.04 Å². The Morgan fingerprint density at radius 2 is 1.86 bits per heavy atom. The van der Waals surface area contributed by atoms with E-state index in [-0.39, 0.29) is 17.9 Å². The van der Waals surface area contributed by atoms with Crippen molar-refractivity contribution in [2.75, 3.05) is 0 Å². The predicted octanol–water partition coefficient (Wildman–Crippen LogP) is 2.21. The highest BCUT2D eigenvalue weighted by Gasteiger charge is 2.16. The molecule has 5 nitrogen and oxygen atoms in total. The number of rotatable bonds is 5. The van der Waals surface area contributed by atoms with Crippen molar-refractivity contribution in [2.45, 2.75) is 12.5 Å². The van der Waals surface area contributed by atoms with Gasteiger partial charge in [-0.1, -0.05) is 30.3 Å². The molecule has 108 valence electrons. The van der Waals surface area contributed by atoms with Crippen molar-refractivity contribution < 1.29 is 20.1 Å². The van der Waals surface area contributed by atoms with Crippen LogP contribution < -0.4 is 0 Å². The van der Waals surface area contributed by atoms with E-state index in [2.05, 4.69) is 4.99 Å². The van der Waals surface area contributed by atoms with E-state index < -0.39 is 12.0 Å². The van der Waals surface area contributed by atoms with Gasteiger partial charge < -0.3 is 15.3 Å². The maximum Gasteiger partial charge on any atom is 0.328 e. The van der Waals surface area contributed by atoms with Gasteiger partial charge in [-0.25, -0.2) is 4.79 Å². The molecule has 0 fully saturated rings. The maximum absolute atomic E-state index is 11.2. The van der Waals surface area contributed by atoms with Crippen LogP contribution in [0.25, 0.3) is 0 Å². The second-order valence-electron chi connectivity index (χ2n) is 4.57. The summed E-state index contributed by atoms with van der Waals surface area (Å²) >= 11 is 0. The zero-order valence-electron chi connectivity index (χ0n) is 11.2. The van der Waals surface area contributed by atoms with E-state index in [4.69, 9.17) is 0 Å². The number of carbonyl (C=O) groups is 1. The van der Waals surface area contributed by atoms with Gasteiger partial charge in [0.25, 0.3) is 0 Å². The minimum Gasteiger partial charge on any atom is -0.508 e. The monoisotopic (exact) mass is 285 g/mol. The summed E-state index contributed by atoms with van der Waals surface area (Å²) in [6.45, 7) is 0. The summed E-state index contributed by atoms with van der Waals surface area (Å²) in [7, 11) is 0. The number of aromatic hydroxyl groups is 2. The highest BCUT2D eigenvalue weighted by atomic mass is 16.4. The van der Waals surface area contributed by atoms with E-state index in [1.807, 2.05) is 30.3 Å². The molecule has 0 saturated carbocycles. The summed E-state index contributed by atoms with van der Waals surface area (Å²) in [5.41, 5.74) is 1.23. The number of hydrogen-bond acceptors (Lipinski definition) is 4. The summed E-state index contributed by atoms with van der Waals surface area (Å²) in [6.07, 6.45) is 1.57. The smallest absolute Gasteiger partial charge is 0.328 e. The largest absolute Gasteiger partial charge is 0.508 e. The number of aliphatic imine (C=N–C) groups is 1. The van der Waals surface area contributed by atoms with Crippen molar-refractivity contribution in [1.29, 1.82) is 0 Å². The second kappa shape index (κ2) is 6.56. The quantitative estimate of drug-likeness (QED) is 0.735. The van der Waals surface area contributed by atoms with Gasteiger partial charge in [-0.15, -0.1) is 0 Å². The van der Waals surface area contributed by atoms with Crippen LogP contribution in [0.3, 0.4) is 0 Å². The van der Waals surface area contributed by atoms with E-state index in [0.717, 1.165) is 5.56 Å². The molecule has 2 aromatic rings. The third kappa shape index (κ3) is 4.07. The fourth-order valence-electron chi connectivity index (χ4n) is 1.85. The number of aliphatic carboxylic acids is 1. The number of carboxylic acid groups (broad SMARTS) is 1. The van der Waals surface area contributed by atoms with E-state index >= 15 is 0 Å². The SMILES string of the molecule is O=C(O)C(Cc1ccccc1)N=Cc1ccc(O)cc1O. The van der Waals surface area contributed by atoms with Crippen molar-refractivity contribution in [3.8, 4) is 11.5 Å². The van der Waals surface area contributed by atoms with Crippen LogP contribution in [0.1, 0.15) is 11.1 Å². The van der Waals surface area contributed by atoms with Gasteiger partial charge in [0.2, 0.25) is 0 Å². The van der Waals surface area contributed by atoms with Crippen molar-refractivity contribution >= 4 is 12.2 Å². The van der Waals surface area contributed by atoms with Gasteiger partial charge in [-0.3, -0.25) is 4.99 Å². The molecule has 0 aliphatic carbocycles. The number of phenolic OH excluding ortho intramolecular Hbond substituents is 2. The molecule has 2 rings (SSSR count). The molecular weight excluding hydrogens is 270 g/mol. The molecule has 0 aliphatic heterocycles. The van der Waals surface area contributed by atoms with Gasteiger partial charge in [-0.2, -0.15) is 0 Å². The molecular formula is C16H15NO4. The lowest BCUT2D eigenvalue weighted by molar-refractivity contribution is -0.138. The van der Waals surface area contributed by atoms with Gasteiger partial charge >= 0.3 is 5.97 Å². The lowest BCUT2D eigenvalue weighted by atomic mass is 10.1. The first kappa shape index (κ1) is 14.6. The second-order valence-corrected chi connectivity index (χ2v) is 4.57. The van der Waals surface area contributed by atoms with Crippen LogP contribution in [-0.2, 0) is 11.2 Å². The fourth-order valence-corrected chi connectivity index (χ4v) is 1.85. The van der Waals surface area contributed by atoms with Crippen molar-refractivity contribution in [3.05, 3.63) is 59.7 Å². The zero-order valence-corrected chi connectivity index (χ0v) is 11.2. The van der Waals surface area contributed by atoms with Crippen LogP contribution in [0.4, 0.5) is 0 Å². The molecule has 2 aromatic carbocycles. The molecule has 21 heavy (non-hydrogen) atoms. The Bertz CT molecular complexity index is 653. The molecule has 0 radical (unpaired) electrons. The summed E-state index contributed by atoms with van der Waals surface area (Å²) in [5, 5.41) is 28.0. The summed E-state index contributed by atoms with van der Waals surface area (Å²) < 4.78 is 0. The Hall–Kier alpha value is -2.82. The highest BCUT2D eigenvalue weighted by molar-refractivity contribution is 5.86. The van der Waals surface area contributed by atoms with Gasteiger partial charge in [0, 0.05) is 24.3 Å². The van der Waals surface area contributed by atoms with Crippen LogP contribution in [0.15, 0.2) is 53.5 Å². The van der Waals surface area contributed by atoms with Crippen LogP contribution in [-0.4, -0.2) is 33.5 Å². The minimum absolute atomic E-state index is 0.0660. The third-order valence-corrected chi connectivity index (χ3v) is 2.96. The van der Waals surface area contributed by atoms with Gasteiger partial charge in [-0.05, 0) is 17.7 Å². The van der Waals surface area contributed by atoms with Crippen LogP contribution >= 0.6 is 0 Å². The van der Waals surface area contributed by atoms with Crippen LogP contribution in [0.2, 0.25) is 0 Å². The minimum atomic E-state index is -1.03. The molecule has 0 amide bonds. The Labute approximate surface area is 121 Å².